The molecule has 4 heteroatoms. The zero-order valence-corrected chi connectivity index (χ0v) is 12.2. The molecular formula is C17H19NO3. The number of anilines is 1. The number of benzene rings is 2. The molecule has 2 aromatic rings. The average Bonchev–Trinajstić information content (AvgIpc) is 2.47. The molecule has 110 valence electrons. The Bertz CT molecular complexity index is 623. The van der Waals surface area contributed by atoms with E-state index in [1.54, 1.807) is 18.2 Å². The third kappa shape index (κ3) is 3.99. The van der Waals surface area contributed by atoms with E-state index >= 15 is 0 Å². The highest BCUT2D eigenvalue weighted by Crippen LogP contribution is 2.25. The van der Waals surface area contributed by atoms with Crippen molar-refractivity contribution in [2.24, 2.45) is 0 Å². The quantitative estimate of drug-likeness (QED) is 0.883. The molecule has 0 heterocycles. The molecule has 0 aliphatic rings. The van der Waals surface area contributed by atoms with E-state index in [1.807, 2.05) is 24.3 Å². The Morgan fingerprint density at radius 3 is 2.52 bits per heavy atom. The molecule has 0 bridgehead atoms. The van der Waals surface area contributed by atoms with Gasteiger partial charge in [-0.2, -0.15) is 0 Å². The van der Waals surface area contributed by atoms with Gasteiger partial charge in [0, 0.05) is 5.69 Å². The van der Waals surface area contributed by atoms with E-state index in [0.717, 1.165) is 11.3 Å². The second-order valence-electron chi connectivity index (χ2n) is 5.05. The summed E-state index contributed by atoms with van der Waals surface area (Å²) >= 11 is 0. The largest absolute Gasteiger partial charge is 0.504 e. The first-order chi connectivity index (χ1) is 10.1. The standard InChI is InChI=1S/C17H19NO3/c1-12(2)13-7-3-4-8-14(13)18-17(20)11-21-16-10-6-5-9-15(16)19/h3-10,12,19H,11H2,1-2H3,(H,18,20). The molecule has 4 nitrogen and oxygen atoms in total. The second kappa shape index (κ2) is 6.79. The highest BCUT2D eigenvalue weighted by atomic mass is 16.5. The number of nitrogens with one attached hydrogen (secondary N) is 1. The average molecular weight is 285 g/mol. The fraction of sp³-hybridized carbons (Fsp3) is 0.235. The topological polar surface area (TPSA) is 58.6 Å². The van der Waals surface area contributed by atoms with Gasteiger partial charge in [0.2, 0.25) is 0 Å². The van der Waals surface area contributed by atoms with E-state index in [1.165, 1.54) is 6.07 Å². The van der Waals surface area contributed by atoms with Gasteiger partial charge in [0.25, 0.3) is 5.91 Å². The highest BCUT2D eigenvalue weighted by molar-refractivity contribution is 5.92. The van der Waals surface area contributed by atoms with Crippen LogP contribution < -0.4 is 10.1 Å². The summed E-state index contributed by atoms with van der Waals surface area (Å²) in [6, 6.07) is 14.3. The third-order valence-electron chi connectivity index (χ3n) is 3.08. The normalized spacial score (nSPS) is 10.4. The minimum absolute atomic E-state index is 0.0212. The number of ether oxygens (including phenoxy) is 1. The fourth-order valence-electron chi connectivity index (χ4n) is 2.02. The smallest absolute Gasteiger partial charge is 0.262 e. The molecule has 0 fully saturated rings. The molecule has 0 spiro atoms. The van der Waals surface area contributed by atoms with Gasteiger partial charge in [-0.05, 0) is 29.7 Å². The van der Waals surface area contributed by atoms with Crippen molar-refractivity contribution in [1.29, 1.82) is 0 Å². The minimum Gasteiger partial charge on any atom is -0.504 e. The fourth-order valence-corrected chi connectivity index (χ4v) is 2.02. The van der Waals surface area contributed by atoms with Gasteiger partial charge in [0.15, 0.2) is 18.1 Å². The van der Waals surface area contributed by atoms with Crippen molar-refractivity contribution in [2.75, 3.05) is 11.9 Å². The van der Waals surface area contributed by atoms with Gasteiger partial charge in [0.1, 0.15) is 0 Å². The van der Waals surface area contributed by atoms with Gasteiger partial charge in [-0.25, -0.2) is 0 Å². The van der Waals surface area contributed by atoms with Crippen molar-refractivity contribution < 1.29 is 14.6 Å². The summed E-state index contributed by atoms with van der Waals surface area (Å²) in [5.74, 6) is 0.379. The zero-order valence-electron chi connectivity index (χ0n) is 12.2. The molecule has 0 saturated carbocycles. The first kappa shape index (κ1) is 14.9. The number of amides is 1. The van der Waals surface area contributed by atoms with Gasteiger partial charge in [-0.1, -0.05) is 44.2 Å². The van der Waals surface area contributed by atoms with Crippen LogP contribution in [0, 0.1) is 0 Å². The Labute approximate surface area is 124 Å². The molecule has 0 aliphatic carbocycles. The number of hydrogen-bond donors (Lipinski definition) is 2. The van der Waals surface area contributed by atoms with Crippen LogP contribution in [0.15, 0.2) is 48.5 Å². The molecule has 21 heavy (non-hydrogen) atoms. The number of phenolic OH excluding ortho intramolecular Hbond substituents is 1. The number of phenols is 1. The Morgan fingerprint density at radius 2 is 1.81 bits per heavy atom. The number of aromatic hydroxyl groups is 1. The first-order valence-corrected chi connectivity index (χ1v) is 6.87. The zero-order chi connectivity index (χ0) is 15.2. The van der Waals surface area contributed by atoms with Crippen LogP contribution in [0.1, 0.15) is 25.3 Å². The van der Waals surface area contributed by atoms with Crippen LogP contribution in [0.25, 0.3) is 0 Å². The predicted molar refractivity (Wildman–Crippen MR) is 82.8 cm³/mol. The summed E-state index contributed by atoms with van der Waals surface area (Å²) in [7, 11) is 0. The number of rotatable bonds is 5. The number of para-hydroxylation sites is 3. The lowest BCUT2D eigenvalue weighted by Gasteiger charge is -2.14. The van der Waals surface area contributed by atoms with Crippen LogP contribution in [0.3, 0.4) is 0 Å². The predicted octanol–water partition coefficient (Wildman–Crippen LogP) is 3.53. The summed E-state index contributed by atoms with van der Waals surface area (Å²) in [6.07, 6.45) is 0. The summed E-state index contributed by atoms with van der Waals surface area (Å²) < 4.78 is 5.31. The van der Waals surface area contributed by atoms with Crippen LogP contribution in [0.4, 0.5) is 5.69 Å². The summed E-state index contributed by atoms with van der Waals surface area (Å²) in [4.78, 5) is 12.0. The molecule has 2 N–H and O–H groups in total. The van der Waals surface area contributed by atoms with Crippen molar-refractivity contribution in [3.05, 3.63) is 54.1 Å². The second-order valence-corrected chi connectivity index (χ2v) is 5.05. The lowest BCUT2D eigenvalue weighted by molar-refractivity contribution is -0.118. The number of carbonyl (C=O) groups is 1. The molecule has 0 unspecified atom stereocenters. The van der Waals surface area contributed by atoms with Crippen molar-refractivity contribution in [3.63, 3.8) is 0 Å². The van der Waals surface area contributed by atoms with Gasteiger partial charge in [-0.15, -0.1) is 0 Å². The van der Waals surface area contributed by atoms with Crippen molar-refractivity contribution in [2.45, 2.75) is 19.8 Å². The number of hydrogen-bond acceptors (Lipinski definition) is 3. The van der Waals surface area contributed by atoms with E-state index in [4.69, 9.17) is 4.74 Å². The summed E-state index contributed by atoms with van der Waals surface area (Å²) in [5, 5.41) is 12.4. The molecule has 2 aromatic carbocycles. The minimum atomic E-state index is -0.258. The Morgan fingerprint density at radius 1 is 1.14 bits per heavy atom. The van der Waals surface area contributed by atoms with E-state index < -0.39 is 0 Å². The van der Waals surface area contributed by atoms with Crippen LogP contribution in [-0.2, 0) is 4.79 Å². The van der Waals surface area contributed by atoms with Crippen LogP contribution >= 0.6 is 0 Å². The van der Waals surface area contributed by atoms with Gasteiger partial charge >= 0.3 is 0 Å². The molecule has 0 aliphatic heterocycles. The lowest BCUT2D eigenvalue weighted by Crippen LogP contribution is -2.21. The SMILES string of the molecule is CC(C)c1ccccc1NC(=O)COc1ccccc1O. The maximum atomic E-state index is 12.0. The molecule has 0 atom stereocenters. The van der Waals surface area contributed by atoms with Crippen molar-refractivity contribution in [1.82, 2.24) is 0 Å². The Balaban J connectivity index is 1.98. The van der Waals surface area contributed by atoms with E-state index in [-0.39, 0.29) is 18.3 Å². The molecule has 0 saturated heterocycles. The molecular weight excluding hydrogens is 266 g/mol. The van der Waals surface area contributed by atoms with Gasteiger partial charge in [0.05, 0.1) is 0 Å². The third-order valence-corrected chi connectivity index (χ3v) is 3.08. The molecule has 0 aromatic heterocycles. The summed E-state index contributed by atoms with van der Waals surface area (Å²) in [6.45, 7) is 4.00. The lowest BCUT2D eigenvalue weighted by atomic mass is 10.0. The molecule has 1 amide bonds. The molecule has 0 radical (unpaired) electrons. The highest BCUT2D eigenvalue weighted by Gasteiger charge is 2.10. The first-order valence-electron chi connectivity index (χ1n) is 6.87. The van der Waals surface area contributed by atoms with Crippen LogP contribution in [-0.4, -0.2) is 17.6 Å². The Hall–Kier alpha value is -2.49. The van der Waals surface area contributed by atoms with Gasteiger partial charge < -0.3 is 15.2 Å². The maximum absolute atomic E-state index is 12.0. The molecule has 2 rings (SSSR count). The monoisotopic (exact) mass is 285 g/mol. The Kier molecular flexibility index (Phi) is 4.82. The van der Waals surface area contributed by atoms with E-state index in [0.29, 0.717) is 11.7 Å². The maximum Gasteiger partial charge on any atom is 0.262 e. The van der Waals surface area contributed by atoms with E-state index in [9.17, 15) is 9.90 Å². The van der Waals surface area contributed by atoms with Crippen molar-refractivity contribution in [3.8, 4) is 11.5 Å². The van der Waals surface area contributed by atoms with Crippen LogP contribution in [0.5, 0.6) is 11.5 Å². The van der Waals surface area contributed by atoms with Crippen molar-refractivity contribution >= 4 is 11.6 Å². The van der Waals surface area contributed by atoms with Gasteiger partial charge in [-0.3, -0.25) is 4.79 Å². The van der Waals surface area contributed by atoms with Crippen LogP contribution in [0.2, 0.25) is 0 Å². The summed E-state index contributed by atoms with van der Waals surface area (Å²) in [5.41, 5.74) is 1.87. The number of carbonyl (C=O) groups excluding carboxylic acids is 1. The van der Waals surface area contributed by atoms with E-state index in [2.05, 4.69) is 19.2 Å².